The van der Waals surface area contributed by atoms with E-state index in [4.69, 9.17) is 4.42 Å². The number of aryl methyl sites for hydroxylation is 1. The molecule has 4 nitrogen and oxygen atoms in total. The standard InChI is InChI=1S/C15H22O4/c1-3-7-13(16)14-11-10-12(19-14)8-5-4-6-9-15(17)18-2/h3,10-11,13,16H,1,4-9H2,2H3. The fourth-order valence-corrected chi connectivity index (χ4v) is 1.83. The highest BCUT2D eigenvalue weighted by molar-refractivity contribution is 5.68. The molecule has 106 valence electrons. The van der Waals surface area contributed by atoms with Gasteiger partial charge in [0.05, 0.1) is 7.11 Å². The molecule has 19 heavy (non-hydrogen) atoms. The van der Waals surface area contributed by atoms with Crippen molar-refractivity contribution in [2.24, 2.45) is 0 Å². The van der Waals surface area contributed by atoms with Gasteiger partial charge in [-0.25, -0.2) is 0 Å². The molecule has 1 aromatic rings. The van der Waals surface area contributed by atoms with Crippen molar-refractivity contribution in [2.45, 2.75) is 44.6 Å². The Morgan fingerprint density at radius 2 is 2.26 bits per heavy atom. The van der Waals surface area contributed by atoms with Crippen molar-refractivity contribution in [2.75, 3.05) is 7.11 Å². The largest absolute Gasteiger partial charge is 0.469 e. The van der Waals surface area contributed by atoms with Gasteiger partial charge < -0.3 is 14.3 Å². The zero-order valence-corrected chi connectivity index (χ0v) is 11.4. The molecule has 1 unspecified atom stereocenters. The Labute approximate surface area is 114 Å². The molecular weight excluding hydrogens is 244 g/mol. The molecule has 0 aromatic carbocycles. The lowest BCUT2D eigenvalue weighted by Crippen LogP contribution is -1.99. The van der Waals surface area contributed by atoms with Crippen LogP contribution in [0.4, 0.5) is 0 Å². The van der Waals surface area contributed by atoms with Gasteiger partial charge in [-0.3, -0.25) is 4.79 Å². The summed E-state index contributed by atoms with van der Waals surface area (Å²) < 4.78 is 10.1. The fourth-order valence-electron chi connectivity index (χ4n) is 1.83. The lowest BCUT2D eigenvalue weighted by molar-refractivity contribution is -0.140. The summed E-state index contributed by atoms with van der Waals surface area (Å²) in [5.41, 5.74) is 0. The predicted octanol–water partition coefficient (Wildman–Crippen LogP) is 3.17. The highest BCUT2D eigenvalue weighted by Gasteiger charge is 2.10. The van der Waals surface area contributed by atoms with E-state index in [9.17, 15) is 9.90 Å². The number of hydrogen-bond donors (Lipinski definition) is 1. The molecule has 1 atom stereocenters. The van der Waals surface area contributed by atoms with Crippen LogP contribution in [0.5, 0.6) is 0 Å². The zero-order valence-electron chi connectivity index (χ0n) is 11.4. The number of rotatable bonds is 9. The topological polar surface area (TPSA) is 59.7 Å². The van der Waals surface area contributed by atoms with E-state index >= 15 is 0 Å². The van der Waals surface area contributed by atoms with Gasteiger partial charge in [0.2, 0.25) is 0 Å². The number of esters is 1. The van der Waals surface area contributed by atoms with Crippen LogP contribution in [0.25, 0.3) is 0 Å². The number of carbonyl (C=O) groups is 1. The first-order valence-corrected chi connectivity index (χ1v) is 6.61. The van der Waals surface area contributed by atoms with Crippen LogP contribution in [-0.2, 0) is 16.0 Å². The lowest BCUT2D eigenvalue weighted by Gasteiger charge is -2.03. The van der Waals surface area contributed by atoms with Gasteiger partial charge in [-0.05, 0) is 31.4 Å². The number of unbranched alkanes of at least 4 members (excludes halogenated alkanes) is 2. The van der Waals surface area contributed by atoms with Gasteiger partial charge in [0.25, 0.3) is 0 Å². The average Bonchev–Trinajstić information content (AvgIpc) is 2.87. The van der Waals surface area contributed by atoms with Crippen LogP contribution < -0.4 is 0 Å². The molecule has 4 heteroatoms. The number of aliphatic hydroxyl groups is 1. The molecule has 0 bridgehead atoms. The van der Waals surface area contributed by atoms with Gasteiger partial charge in [-0.1, -0.05) is 12.5 Å². The van der Waals surface area contributed by atoms with Gasteiger partial charge in [-0.2, -0.15) is 0 Å². The molecule has 0 fully saturated rings. The van der Waals surface area contributed by atoms with Crippen LogP contribution in [0.3, 0.4) is 0 Å². The number of hydrogen-bond acceptors (Lipinski definition) is 4. The Morgan fingerprint density at radius 3 is 2.95 bits per heavy atom. The Bertz CT molecular complexity index is 395. The maximum Gasteiger partial charge on any atom is 0.305 e. The first-order chi connectivity index (χ1) is 9.17. The SMILES string of the molecule is C=CCC(O)c1ccc(CCCCCC(=O)OC)o1. The molecule has 0 saturated heterocycles. The molecular formula is C15H22O4. The maximum atomic E-state index is 10.9. The monoisotopic (exact) mass is 266 g/mol. The minimum Gasteiger partial charge on any atom is -0.469 e. The molecule has 0 aliphatic rings. The summed E-state index contributed by atoms with van der Waals surface area (Å²) in [4.78, 5) is 10.9. The van der Waals surface area contributed by atoms with Crippen LogP contribution in [0, 0.1) is 0 Å². The van der Waals surface area contributed by atoms with E-state index < -0.39 is 6.10 Å². The van der Waals surface area contributed by atoms with E-state index in [1.807, 2.05) is 6.07 Å². The van der Waals surface area contributed by atoms with E-state index in [0.29, 0.717) is 18.6 Å². The minimum absolute atomic E-state index is 0.159. The molecule has 0 spiro atoms. The van der Waals surface area contributed by atoms with Gasteiger partial charge in [-0.15, -0.1) is 6.58 Å². The van der Waals surface area contributed by atoms with Crippen LogP contribution in [0.2, 0.25) is 0 Å². The summed E-state index contributed by atoms with van der Waals surface area (Å²) in [6.45, 7) is 3.58. The Morgan fingerprint density at radius 1 is 1.47 bits per heavy atom. The molecule has 0 radical (unpaired) electrons. The second-order valence-electron chi connectivity index (χ2n) is 4.48. The summed E-state index contributed by atoms with van der Waals surface area (Å²) in [5, 5.41) is 9.72. The first-order valence-electron chi connectivity index (χ1n) is 6.61. The average molecular weight is 266 g/mol. The number of ether oxygens (including phenoxy) is 1. The first kappa shape index (κ1) is 15.5. The molecule has 1 heterocycles. The normalized spacial score (nSPS) is 12.1. The van der Waals surface area contributed by atoms with Gasteiger partial charge in [0.15, 0.2) is 0 Å². The second kappa shape index (κ2) is 8.53. The smallest absolute Gasteiger partial charge is 0.305 e. The van der Waals surface area contributed by atoms with Crippen molar-refractivity contribution < 1.29 is 19.1 Å². The lowest BCUT2D eigenvalue weighted by atomic mass is 10.1. The third kappa shape index (κ3) is 5.75. The summed E-state index contributed by atoms with van der Waals surface area (Å²) in [7, 11) is 1.40. The second-order valence-corrected chi connectivity index (χ2v) is 4.48. The molecule has 0 aliphatic carbocycles. The molecule has 1 aromatic heterocycles. The Kier molecular flexibility index (Phi) is 6.97. The van der Waals surface area contributed by atoms with E-state index in [1.54, 1.807) is 12.1 Å². The molecule has 0 amide bonds. The molecule has 1 rings (SSSR count). The van der Waals surface area contributed by atoms with Crippen molar-refractivity contribution in [1.29, 1.82) is 0 Å². The molecule has 0 saturated carbocycles. The number of methoxy groups -OCH3 is 1. The van der Waals surface area contributed by atoms with Crippen molar-refractivity contribution >= 4 is 5.97 Å². The van der Waals surface area contributed by atoms with Crippen LogP contribution >= 0.6 is 0 Å². The van der Waals surface area contributed by atoms with E-state index in [-0.39, 0.29) is 5.97 Å². The van der Waals surface area contributed by atoms with Crippen molar-refractivity contribution in [3.63, 3.8) is 0 Å². The highest BCUT2D eigenvalue weighted by Crippen LogP contribution is 2.21. The fraction of sp³-hybridized carbons (Fsp3) is 0.533. The van der Waals surface area contributed by atoms with Crippen molar-refractivity contribution in [3.05, 3.63) is 36.3 Å². The maximum absolute atomic E-state index is 10.9. The predicted molar refractivity (Wildman–Crippen MR) is 72.7 cm³/mol. The Hall–Kier alpha value is -1.55. The Balaban J connectivity index is 2.23. The quantitative estimate of drug-likeness (QED) is 0.424. The summed E-state index contributed by atoms with van der Waals surface area (Å²) in [6.07, 6.45) is 5.60. The van der Waals surface area contributed by atoms with Gasteiger partial charge in [0.1, 0.15) is 17.6 Å². The number of carbonyl (C=O) groups excluding carboxylic acids is 1. The molecule has 1 N–H and O–H groups in total. The van der Waals surface area contributed by atoms with E-state index in [2.05, 4.69) is 11.3 Å². The highest BCUT2D eigenvalue weighted by atomic mass is 16.5. The van der Waals surface area contributed by atoms with Crippen molar-refractivity contribution in [1.82, 2.24) is 0 Å². The van der Waals surface area contributed by atoms with Gasteiger partial charge in [0, 0.05) is 12.8 Å². The summed E-state index contributed by atoms with van der Waals surface area (Å²) >= 11 is 0. The van der Waals surface area contributed by atoms with E-state index in [0.717, 1.165) is 31.4 Å². The zero-order chi connectivity index (χ0) is 14.1. The minimum atomic E-state index is -0.606. The number of aliphatic hydroxyl groups excluding tert-OH is 1. The number of furan rings is 1. The molecule has 0 aliphatic heterocycles. The van der Waals surface area contributed by atoms with Crippen LogP contribution in [-0.4, -0.2) is 18.2 Å². The van der Waals surface area contributed by atoms with Crippen LogP contribution in [0.15, 0.2) is 29.2 Å². The summed E-state index contributed by atoms with van der Waals surface area (Å²) in [5.74, 6) is 1.30. The van der Waals surface area contributed by atoms with Gasteiger partial charge >= 0.3 is 5.97 Å². The van der Waals surface area contributed by atoms with E-state index in [1.165, 1.54) is 7.11 Å². The summed E-state index contributed by atoms with van der Waals surface area (Å²) in [6, 6.07) is 3.69. The third-order valence-electron chi connectivity index (χ3n) is 2.93. The third-order valence-corrected chi connectivity index (χ3v) is 2.93. The van der Waals surface area contributed by atoms with Crippen molar-refractivity contribution in [3.8, 4) is 0 Å². The van der Waals surface area contributed by atoms with Crippen LogP contribution in [0.1, 0.15) is 49.7 Å².